The van der Waals surface area contributed by atoms with E-state index in [0.717, 1.165) is 37.4 Å². The average Bonchev–Trinajstić information content (AvgIpc) is 2.85. The van der Waals surface area contributed by atoms with Crippen LogP contribution >= 0.6 is 0 Å². The van der Waals surface area contributed by atoms with Crippen LogP contribution in [-0.2, 0) is 14.4 Å². The topological polar surface area (TPSA) is 139 Å². The van der Waals surface area contributed by atoms with Gasteiger partial charge >= 0.3 is 5.97 Å². The Bertz CT molecular complexity index is 886. The normalized spacial score (nSPS) is 18.9. The number of piperidine rings is 2. The van der Waals surface area contributed by atoms with Gasteiger partial charge in [0.15, 0.2) is 0 Å². The van der Waals surface area contributed by atoms with Crippen molar-refractivity contribution in [2.45, 2.75) is 44.9 Å². The summed E-state index contributed by atoms with van der Waals surface area (Å²) in [7, 11) is 0. The lowest BCUT2D eigenvalue weighted by atomic mass is 9.92. The molecule has 2 saturated heterocycles. The van der Waals surface area contributed by atoms with Crippen LogP contribution in [0, 0.1) is 11.8 Å². The fourth-order valence-corrected chi connectivity index (χ4v) is 4.54. The summed E-state index contributed by atoms with van der Waals surface area (Å²) in [5.74, 6) is -2.37. The number of amides is 3. The van der Waals surface area contributed by atoms with Gasteiger partial charge < -0.3 is 20.4 Å². The second kappa shape index (κ2) is 12.5. The highest BCUT2D eigenvalue weighted by Crippen LogP contribution is 2.23. The van der Waals surface area contributed by atoms with Gasteiger partial charge in [0.05, 0.1) is 12.3 Å². The quantitative estimate of drug-likeness (QED) is 0.311. The van der Waals surface area contributed by atoms with Gasteiger partial charge in [-0.15, -0.1) is 0 Å². The second-order valence-electron chi connectivity index (χ2n) is 8.99. The zero-order chi connectivity index (χ0) is 24.5. The minimum Gasteiger partial charge on any atom is -0.508 e. The highest BCUT2D eigenvalue weighted by atomic mass is 16.4. The molecule has 1 atom stereocenters. The van der Waals surface area contributed by atoms with Crippen LogP contribution in [-0.4, -0.2) is 76.5 Å². The molecule has 2 heterocycles. The number of carbonyl (C=O) groups is 4. The minimum absolute atomic E-state index is 0.0285. The number of hydrogen-bond donors (Lipinski definition) is 4. The summed E-state index contributed by atoms with van der Waals surface area (Å²) in [4.78, 5) is 51.8. The van der Waals surface area contributed by atoms with Gasteiger partial charge in [-0.3, -0.25) is 19.2 Å². The number of imide groups is 1. The van der Waals surface area contributed by atoms with E-state index in [9.17, 15) is 24.3 Å². The molecule has 0 bridgehead atoms. The fraction of sp³-hybridized carbons (Fsp3) is 0.583. The van der Waals surface area contributed by atoms with E-state index in [1.54, 1.807) is 4.90 Å². The van der Waals surface area contributed by atoms with Gasteiger partial charge in [-0.25, -0.2) is 10.4 Å². The second-order valence-corrected chi connectivity index (χ2v) is 8.99. The molecule has 4 N–H and O–H groups in total. The Morgan fingerprint density at radius 3 is 2.59 bits per heavy atom. The summed E-state index contributed by atoms with van der Waals surface area (Å²) in [5, 5.41) is 22.8. The van der Waals surface area contributed by atoms with E-state index in [0.29, 0.717) is 31.7 Å². The first kappa shape index (κ1) is 25.6. The smallest absolute Gasteiger partial charge is 0.304 e. The highest BCUT2D eigenvalue weighted by Gasteiger charge is 2.34. The molecule has 34 heavy (non-hydrogen) atoms. The Morgan fingerprint density at radius 1 is 1.12 bits per heavy atom. The van der Waals surface area contributed by atoms with E-state index in [1.807, 2.05) is 0 Å². The molecule has 0 saturated carbocycles. The van der Waals surface area contributed by atoms with Crippen LogP contribution in [0.1, 0.15) is 55.3 Å². The number of hydrazine groups is 1. The molecule has 1 aromatic carbocycles. The number of aromatic hydroxyl groups is 1. The van der Waals surface area contributed by atoms with E-state index in [4.69, 9.17) is 5.11 Å². The molecule has 3 rings (SSSR count). The van der Waals surface area contributed by atoms with Gasteiger partial charge in [0.2, 0.25) is 11.8 Å². The summed E-state index contributed by atoms with van der Waals surface area (Å²) in [6, 6.07) is 5.62. The molecule has 0 radical (unpaired) electrons. The fourth-order valence-electron chi connectivity index (χ4n) is 4.54. The summed E-state index contributed by atoms with van der Waals surface area (Å²) >= 11 is 0. The van der Waals surface area contributed by atoms with Gasteiger partial charge in [0, 0.05) is 31.6 Å². The Kier molecular flexibility index (Phi) is 9.41. The van der Waals surface area contributed by atoms with Crippen LogP contribution < -0.4 is 10.7 Å². The van der Waals surface area contributed by atoms with Crippen molar-refractivity contribution < 1.29 is 29.4 Å². The van der Waals surface area contributed by atoms with Crippen molar-refractivity contribution in [2.75, 3.05) is 32.7 Å². The number of hydrogen-bond acceptors (Lipinski definition) is 7. The highest BCUT2D eigenvalue weighted by molar-refractivity contribution is 6.05. The van der Waals surface area contributed by atoms with Gasteiger partial charge in [0.25, 0.3) is 5.91 Å². The number of benzene rings is 1. The zero-order valence-corrected chi connectivity index (χ0v) is 19.4. The number of carbonyl (C=O) groups excluding carboxylic acids is 3. The predicted octanol–water partition coefficient (Wildman–Crippen LogP) is 1.36. The van der Waals surface area contributed by atoms with E-state index < -0.39 is 23.7 Å². The Morgan fingerprint density at radius 2 is 1.88 bits per heavy atom. The first-order valence-corrected chi connectivity index (χ1v) is 12.0. The lowest BCUT2D eigenvalue weighted by Gasteiger charge is -2.35. The Hall–Kier alpha value is -2.98. The number of aliphatic carboxylic acids is 1. The molecular formula is C24H34N4O6. The van der Waals surface area contributed by atoms with Gasteiger partial charge in [-0.2, -0.15) is 0 Å². The number of phenolic OH excluding ortho intramolecular Hbond substituents is 1. The van der Waals surface area contributed by atoms with Crippen molar-refractivity contribution in [3.8, 4) is 5.75 Å². The van der Waals surface area contributed by atoms with Crippen molar-refractivity contribution in [2.24, 2.45) is 11.8 Å². The lowest BCUT2D eigenvalue weighted by molar-refractivity contribution is -0.142. The van der Waals surface area contributed by atoms with Gasteiger partial charge in [-0.1, -0.05) is 6.07 Å². The molecule has 3 amide bonds. The third kappa shape index (κ3) is 7.26. The van der Waals surface area contributed by atoms with Crippen molar-refractivity contribution in [3.63, 3.8) is 0 Å². The minimum atomic E-state index is -1.06. The van der Waals surface area contributed by atoms with E-state index in [-0.39, 0.29) is 36.7 Å². The molecule has 0 unspecified atom stereocenters. The number of phenols is 1. The van der Waals surface area contributed by atoms with E-state index in [2.05, 4.69) is 10.7 Å². The Balaban J connectivity index is 1.64. The Labute approximate surface area is 199 Å². The number of likely N-dealkylation sites (tertiary alicyclic amines) is 1. The standard InChI is InChI=1S/C24H34N4O6/c29-20-5-1-3-18(15-20)23(33)28(26-13-10-22(31)32)24(34)19-4-2-14-27(16-19)21(30)7-6-17-8-11-25-12-9-17/h1,3,5,15,17,19,25-26,29H,2,4,6-14,16H2,(H,31,32)/t19-/m1/s1. The molecule has 2 aliphatic heterocycles. The lowest BCUT2D eigenvalue weighted by Crippen LogP contribution is -2.53. The van der Waals surface area contributed by atoms with Crippen LogP contribution in [0.3, 0.4) is 0 Å². The summed E-state index contributed by atoms with van der Waals surface area (Å²) in [5.41, 5.74) is 2.74. The van der Waals surface area contributed by atoms with Crippen molar-refractivity contribution in [1.29, 1.82) is 0 Å². The first-order valence-electron chi connectivity index (χ1n) is 12.0. The van der Waals surface area contributed by atoms with Crippen molar-refractivity contribution in [1.82, 2.24) is 20.7 Å². The van der Waals surface area contributed by atoms with Crippen LogP contribution in [0.4, 0.5) is 0 Å². The number of nitrogens with one attached hydrogen (secondary N) is 2. The summed E-state index contributed by atoms with van der Waals surface area (Å²) in [6.45, 7) is 2.67. The van der Waals surface area contributed by atoms with Crippen LogP contribution in [0.2, 0.25) is 0 Å². The molecule has 0 aliphatic carbocycles. The SMILES string of the molecule is O=C(O)CCNN(C(=O)c1cccc(O)c1)C(=O)[C@@H]1CCCN(C(=O)CCC2CCNCC2)C1. The van der Waals surface area contributed by atoms with E-state index in [1.165, 1.54) is 24.3 Å². The summed E-state index contributed by atoms with van der Waals surface area (Å²) < 4.78 is 0. The number of carboxylic acids is 1. The first-order chi connectivity index (χ1) is 16.3. The largest absolute Gasteiger partial charge is 0.508 e. The number of rotatable bonds is 9. The maximum Gasteiger partial charge on any atom is 0.304 e. The average molecular weight is 475 g/mol. The molecule has 10 heteroatoms. The number of carboxylic acid groups (broad SMARTS) is 1. The van der Waals surface area contributed by atoms with Crippen LogP contribution in [0.15, 0.2) is 24.3 Å². The molecule has 186 valence electrons. The van der Waals surface area contributed by atoms with Crippen LogP contribution in [0.5, 0.6) is 5.75 Å². The maximum atomic E-state index is 13.3. The molecule has 0 spiro atoms. The van der Waals surface area contributed by atoms with Crippen molar-refractivity contribution in [3.05, 3.63) is 29.8 Å². The molecule has 0 aromatic heterocycles. The van der Waals surface area contributed by atoms with Gasteiger partial charge in [-0.05, 0) is 69.3 Å². The molecular weight excluding hydrogens is 440 g/mol. The third-order valence-corrected chi connectivity index (χ3v) is 6.47. The molecule has 10 nitrogen and oxygen atoms in total. The zero-order valence-electron chi connectivity index (χ0n) is 19.4. The summed E-state index contributed by atoms with van der Waals surface area (Å²) in [6.07, 6.45) is 4.34. The maximum absolute atomic E-state index is 13.3. The molecule has 1 aromatic rings. The molecule has 2 aliphatic rings. The van der Waals surface area contributed by atoms with Crippen molar-refractivity contribution >= 4 is 23.7 Å². The monoisotopic (exact) mass is 474 g/mol. The van der Waals surface area contributed by atoms with Crippen LogP contribution in [0.25, 0.3) is 0 Å². The number of nitrogens with zero attached hydrogens (tertiary/aromatic N) is 2. The third-order valence-electron chi connectivity index (χ3n) is 6.47. The van der Waals surface area contributed by atoms with Gasteiger partial charge in [0.1, 0.15) is 5.75 Å². The molecule has 2 fully saturated rings. The predicted molar refractivity (Wildman–Crippen MR) is 124 cm³/mol. The van der Waals surface area contributed by atoms with E-state index >= 15 is 0 Å².